The van der Waals surface area contributed by atoms with Crippen molar-refractivity contribution in [3.8, 4) is 5.75 Å². The lowest BCUT2D eigenvalue weighted by molar-refractivity contribution is -0.122. The summed E-state index contributed by atoms with van der Waals surface area (Å²) < 4.78 is 10.7. The monoisotopic (exact) mass is 234 g/mol. The highest BCUT2D eigenvalue weighted by Gasteiger charge is 2.28. The molecule has 2 atom stereocenters. The second-order valence-corrected chi connectivity index (χ2v) is 4.53. The van der Waals surface area contributed by atoms with Crippen LogP contribution < -0.4 is 4.74 Å². The molecule has 3 heteroatoms. The fourth-order valence-electron chi connectivity index (χ4n) is 2.22. The van der Waals surface area contributed by atoms with Gasteiger partial charge in [0.1, 0.15) is 11.5 Å². The SMILES string of the molecule is COc1ccccc1CC(=O)C1COC(C)C1. The molecule has 0 saturated carbocycles. The molecule has 92 valence electrons. The minimum Gasteiger partial charge on any atom is -0.496 e. The highest BCUT2D eigenvalue weighted by Crippen LogP contribution is 2.24. The summed E-state index contributed by atoms with van der Waals surface area (Å²) in [5.74, 6) is 1.08. The van der Waals surface area contributed by atoms with Crippen molar-refractivity contribution in [3.05, 3.63) is 29.8 Å². The van der Waals surface area contributed by atoms with E-state index in [1.54, 1.807) is 7.11 Å². The van der Waals surface area contributed by atoms with Gasteiger partial charge in [-0.1, -0.05) is 18.2 Å². The van der Waals surface area contributed by atoms with Gasteiger partial charge in [0.2, 0.25) is 0 Å². The summed E-state index contributed by atoms with van der Waals surface area (Å²) in [4.78, 5) is 12.1. The molecule has 0 amide bonds. The molecule has 1 aliphatic rings. The summed E-state index contributed by atoms with van der Waals surface area (Å²) >= 11 is 0. The summed E-state index contributed by atoms with van der Waals surface area (Å²) in [6, 6.07) is 7.67. The molecule has 1 aliphatic heterocycles. The summed E-state index contributed by atoms with van der Waals surface area (Å²) in [6.45, 7) is 2.57. The first-order valence-electron chi connectivity index (χ1n) is 5.97. The highest BCUT2D eigenvalue weighted by atomic mass is 16.5. The van der Waals surface area contributed by atoms with Crippen molar-refractivity contribution in [1.82, 2.24) is 0 Å². The minimum absolute atomic E-state index is 0.0508. The average Bonchev–Trinajstić information content (AvgIpc) is 2.77. The smallest absolute Gasteiger partial charge is 0.142 e. The maximum absolute atomic E-state index is 12.1. The van der Waals surface area contributed by atoms with Crippen LogP contribution in [0, 0.1) is 5.92 Å². The first-order chi connectivity index (χ1) is 8.20. The van der Waals surface area contributed by atoms with Crippen LogP contribution in [0.5, 0.6) is 5.75 Å². The number of ketones is 1. The van der Waals surface area contributed by atoms with Crippen LogP contribution in [0.3, 0.4) is 0 Å². The van der Waals surface area contributed by atoms with Gasteiger partial charge in [0.15, 0.2) is 0 Å². The predicted molar refractivity (Wildman–Crippen MR) is 65.2 cm³/mol. The number of benzene rings is 1. The van der Waals surface area contributed by atoms with Crippen molar-refractivity contribution in [2.75, 3.05) is 13.7 Å². The molecule has 0 aromatic heterocycles. The van der Waals surface area contributed by atoms with Gasteiger partial charge in [-0.25, -0.2) is 0 Å². The van der Waals surface area contributed by atoms with Crippen molar-refractivity contribution in [2.24, 2.45) is 5.92 Å². The van der Waals surface area contributed by atoms with Crippen molar-refractivity contribution >= 4 is 5.78 Å². The maximum Gasteiger partial charge on any atom is 0.142 e. The van der Waals surface area contributed by atoms with Crippen molar-refractivity contribution in [3.63, 3.8) is 0 Å². The zero-order valence-corrected chi connectivity index (χ0v) is 10.3. The van der Waals surface area contributed by atoms with E-state index in [0.717, 1.165) is 17.7 Å². The Morgan fingerprint density at radius 2 is 2.24 bits per heavy atom. The van der Waals surface area contributed by atoms with E-state index < -0.39 is 0 Å². The van der Waals surface area contributed by atoms with Crippen LogP contribution in [-0.4, -0.2) is 25.6 Å². The van der Waals surface area contributed by atoms with E-state index in [9.17, 15) is 4.79 Å². The number of carbonyl (C=O) groups is 1. The molecule has 1 fully saturated rings. The zero-order valence-electron chi connectivity index (χ0n) is 10.3. The Morgan fingerprint density at radius 3 is 2.88 bits per heavy atom. The van der Waals surface area contributed by atoms with E-state index in [1.165, 1.54) is 0 Å². The standard InChI is InChI=1S/C14H18O3/c1-10-7-12(9-17-10)13(15)8-11-5-3-4-6-14(11)16-2/h3-6,10,12H,7-9H2,1-2H3. The molecular weight excluding hydrogens is 216 g/mol. The van der Waals surface area contributed by atoms with Gasteiger partial charge in [-0.2, -0.15) is 0 Å². The molecule has 3 nitrogen and oxygen atoms in total. The van der Waals surface area contributed by atoms with Crippen LogP contribution in [0.2, 0.25) is 0 Å². The maximum atomic E-state index is 12.1. The Labute approximate surface area is 102 Å². The number of carbonyl (C=O) groups excluding carboxylic acids is 1. The number of rotatable bonds is 4. The molecule has 1 aromatic rings. The molecule has 1 heterocycles. The van der Waals surface area contributed by atoms with Gasteiger partial charge >= 0.3 is 0 Å². The fraction of sp³-hybridized carbons (Fsp3) is 0.500. The zero-order chi connectivity index (χ0) is 12.3. The van der Waals surface area contributed by atoms with Gasteiger partial charge in [0.05, 0.1) is 19.8 Å². The molecule has 0 radical (unpaired) electrons. The second-order valence-electron chi connectivity index (χ2n) is 4.53. The van der Waals surface area contributed by atoms with E-state index in [0.29, 0.717) is 13.0 Å². The second kappa shape index (κ2) is 5.32. The summed E-state index contributed by atoms with van der Waals surface area (Å²) in [6.07, 6.45) is 1.49. The van der Waals surface area contributed by atoms with E-state index in [1.807, 2.05) is 31.2 Å². The topological polar surface area (TPSA) is 35.5 Å². The Bertz CT molecular complexity index is 400. The summed E-state index contributed by atoms with van der Waals surface area (Å²) in [5, 5.41) is 0. The molecule has 1 aromatic carbocycles. The number of hydrogen-bond donors (Lipinski definition) is 0. The molecule has 17 heavy (non-hydrogen) atoms. The lowest BCUT2D eigenvalue weighted by Gasteiger charge is -2.10. The van der Waals surface area contributed by atoms with Crippen LogP contribution in [0.1, 0.15) is 18.9 Å². The number of Topliss-reactive ketones (excluding diaryl/α,β-unsaturated/α-hetero) is 1. The molecule has 1 saturated heterocycles. The van der Waals surface area contributed by atoms with Crippen molar-refractivity contribution in [2.45, 2.75) is 25.9 Å². The third-order valence-corrected chi connectivity index (χ3v) is 3.21. The number of methoxy groups -OCH3 is 1. The van der Waals surface area contributed by atoms with Crippen LogP contribution in [0.25, 0.3) is 0 Å². The Balaban J connectivity index is 2.03. The van der Waals surface area contributed by atoms with Crippen LogP contribution >= 0.6 is 0 Å². The molecule has 0 spiro atoms. The normalized spacial score (nSPS) is 23.6. The Morgan fingerprint density at radius 1 is 1.47 bits per heavy atom. The van der Waals surface area contributed by atoms with E-state index in [-0.39, 0.29) is 17.8 Å². The van der Waals surface area contributed by atoms with Crippen molar-refractivity contribution in [1.29, 1.82) is 0 Å². The molecule has 2 unspecified atom stereocenters. The van der Waals surface area contributed by atoms with Gasteiger partial charge in [-0.05, 0) is 19.4 Å². The molecule has 2 rings (SSSR count). The summed E-state index contributed by atoms with van der Waals surface area (Å²) in [7, 11) is 1.63. The fourth-order valence-corrected chi connectivity index (χ4v) is 2.22. The number of hydrogen-bond acceptors (Lipinski definition) is 3. The van der Waals surface area contributed by atoms with Crippen LogP contribution in [0.4, 0.5) is 0 Å². The number of ether oxygens (including phenoxy) is 2. The predicted octanol–water partition coefficient (Wildman–Crippen LogP) is 2.23. The molecular formula is C14H18O3. The quantitative estimate of drug-likeness (QED) is 0.801. The number of para-hydroxylation sites is 1. The van der Waals surface area contributed by atoms with Crippen LogP contribution in [-0.2, 0) is 16.0 Å². The summed E-state index contributed by atoms with van der Waals surface area (Å²) in [5.41, 5.74) is 0.958. The van der Waals surface area contributed by atoms with Crippen molar-refractivity contribution < 1.29 is 14.3 Å². The lowest BCUT2D eigenvalue weighted by Crippen LogP contribution is -2.17. The third kappa shape index (κ3) is 2.86. The highest BCUT2D eigenvalue weighted by molar-refractivity contribution is 5.84. The largest absolute Gasteiger partial charge is 0.496 e. The van der Waals surface area contributed by atoms with Gasteiger partial charge in [-0.15, -0.1) is 0 Å². The Kier molecular flexibility index (Phi) is 3.79. The average molecular weight is 234 g/mol. The van der Waals surface area contributed by atoms with E-state index in [4.69, 9.17) is 9.47 Å². The van der Waals surface area contributed by atoms with Gasteiger partial charge in [0.25, 0.3) is 0 Å². The third-order valence-electron chi connectivity index (χ3n) is 3.21. The first-order valence-corrected chi connectivity index (χ1v) is 5.97. The Hall–Kier alpha value is -1.35. The minimum atomic E-state index is 0.0508. The van der Waals surface area contributed by atoms with Gasteiger partial charge in [0, 0.05) is 17.9 Å². The van der Waals surface area contributed by atoms with Gasteiger partial charge < -0.3 is 9.47 Å². The van der Waals surface area contributed by atoms with Crippen LogP contribution in [0.15, 0.2) is 24.3 Å². The molecule has 0 N–H and O–H groups in total. The lowest BCUT2D eigenvalue weighted by atomic mass is 9.95. The molecule has 0 aliphatic carbocycles. The van der Waals surface area contributed by atoms with E-state index >= 15 is 0 Å². The molecule has 0 bridgehead atoms. The van der Waals surface area contributed by atoms with E-state index in [2.05, 4.69) is 0 Å². The first kappa shape index (κ1) is 12.1. The van der Waals surface area contributed by atoms with Gasteiger partial charge in [-0.3, -0.25) is 4.79 Å².